The zero-order valence-corrected chi connectivity index (χ0v) is 8.67. The molecule has 0 atom stereocenters. The Labute approximate surface area is 82.1 Å². The monoisotopic (exact) mass is 181 g/mol. The number of rotatable bonds is 2. The molecule has 0 spiro atoms. The van der Waals surface area contributed by atoms with Crippen molar-refractivity contribution in [2.45, 2.75) is 63.8 Å². The summed E-state index contributed by atoms with van der Waals surface area (Å²) in [7, 11) is 0. The predicted molar refractivity (Wildman–Crippen MR) is 56.5 cm³/mol. The van der Waals surface area contributed by atoms with Gasteiger partial charge in [0.25, 0.3) is 0 Å². The average molecular weight is 181 g/mol. The molecule has 0 radical (unpaired) electrons. The minimum absolute atomic E-state index is 0.528. The van der Waals surface area contributed by atoms with Gasteiger partial charge in [0.1, 0.15) is 0 Å². The summed E-state index contributed by atoms with van der Waals surface area (Å²) < 4.78 is 0. The maximum Gasteiger partial charge on any atom is 0.00390 e. The molecule has 2 N–H and O–H groups in total. The first-order chi connectivity index (χ1) is 6.34. The van der Waals surface area contributed by atoms with Crippen molar-refractivity contribution in [3.05, 3.63) is 0 Å². The topological polar surface area (TPSA) is 26.0 Å². The van der Waals surface area contributed by atoms with Crippen LogP contribution in [0.15, 0.2) is 0 Å². The van der Waals surface area contributed by atoms with Gasteiger partial charge in [0.2, 0.25) is 0 Å². The first kappa shape index (κ1) is 9.51. The van der Waals surface area contributed by atoms with Gasteiger partial charge in [-0.15, -0.1) is 0 Å². The van der Waals surface area contributed by atoms with Gasteiger partial charge in [-0.2, -0.15) is 0 Å². The Hall–Kier alpha value is -0.0400. The predicted octanol–water partition coefficient (Wildman–Crippen LogP) is 3.08. The molecule has 1 nitrogen and oxygen atoms in total. The lowest BCUT2D eigenvalue weighted by Gasteiger charge is -2.27. The maximum atomic E-state index is 5.91. The molecule has 0 aliphatic heterocycles. The molecular weight excluding hydrogens is 158 g/mol. The van der Waals surface area contributed by atoms with E-state index in [-0.39, 0.29) is 0 Å². The summed E-state index contributed by atoms with van der Waals surface area (Å²) in [5.74, 6) is 2.11. The molecule has 0 amide bonds. The molecule has 2 saturated carbocycles. The third-order valence-electron chi connectivity index (χ3n) is 4.03. The first-order valence-corrected chi connectivity index (χ1v) is 6.10. The van der Waals surface area contributed by atoms with Crippen LogP contribution in [0.25, 0.3) is 0 Å². The molecule has 76 valence electrons. The third-order valence-corrected chi connectivity index (χ3v) is 4.03. The van der Waals surface area contributed by atoms with Gasteiger partial charge in [-0.3, -0.25) is 0 Å². The largest absolute Gasteiger partial charge is 0.328 e. The van der Waals surface area contributed by atoms with Gasteiger partial charge < -0.3 is 5.73 Å². The van der Waals surface area contributed by atoms with E-state index >= 15 is 0 Å². The quantitative estimate of drug-likeness (QED) is 0.696. The summed E-state index contributed by atoms with van der Waals surface area (Å²) in [5, 5.41) is 0. The van der Waals surface area contributed by atoms with Gasteiger partial charge in [0.05, 0.1) is 0 Å². The molecule has 0 aromatic heterocycles. The maximum absolute atomic E-state index is 5.91. The third kappa shape index (κ3) is 2.70. The minimum atomic E-state index is 0.528. The lowest BCUT2D eigenvalue weighted by Crippen LogP contribution is -2.27. The summed E-state index contributed by atoms with van der Waals surface area (Å²) in [6.45, 7) is 0. The number of nitrogens with two attached hydrogens (primary N) is 1. The van der Waals surface area contributed by atoms with Gasteiger partial charge in [0.15, 0.2) is 0 Å². The molecule has 0 aromatic carbocycles. The second-order valence-corrected chi connectivity index (χ2v) is 5.17. The van der Waals surface area contributed by atoms with Gasteiger partial charge in [-0.1, -0.05) is 25.7 Å². The Morgan fingerprint density at radius 2 is 1.31 bits per heavy atom. The van der Waals surface area contributed by atoms with Gasteiger partial charge in [-0.05, 0) is 43.9 Å². The number of hydrogen-bond acceptors (Lipinski definition) is 1. The fourth-order valence-electron chi connectivity index (χ4n) is 3.14. The van der Waals surface area contributed by atoms with Crippen molar-refractivity contribution in [2.75, 3.05) is 0 Å². The van der Waals surface area contributed by atoms with Gasteiger partial charge in [-0.25, -0.2) is 0 Å². The van der Waals surface area contributed by atoms with Crippen molar-refractivity contribution in [3.8, 4) is 0 Å². The van der Waals surface area contributed by atoms with Crippen LogP contribution in [0.2, 0.25) is 0 Å². The summed E-state index contributed by atoms with van der Waals surface area (Å²) in [4.78, 5) is 0. The molecule has 0 saturated heterocycles. The van der Waals surface area contributed by atoms with Crippen molar-refractivity contribution in [1.29, 1.82) is 0 Å². The van der Waals surface area contributed by atoms with Crippen molar-refractivity contribution in [2.24, 2.45) is 17.6 Å². The first-order valence-electron chi connectivity index (χ1n) is 6.10. The Kier molecular flexibility index (Phi) is 3.26. The summed E-state index contributed by atoms with van der Waals surface area (Å²) in [5.41, 5.74) is 5.91. The fraction of sp³-hybridized carbons (Fsp3) is 1.00. The molecule has 0 heterocycles. The van der Waals surface area contributed by atoms with E-state index in [1.54, 1.807) is 0 Å². The van der Waals surface area contributed by atoms with Gasteiger partial charge >= 0.3 is 0 Å². The smallest absolute Gasteiger partial charge is 0.00390 e. The highest BCUT2D eigenvalue weighted by Gasteiger charge is 2.23. The van der Waals surface area contributed by atoms with Crippen LogP contribution in [0, 0.1) is 11.8 Å². The fourth-order valence-corrected chi connectivity index (χ4v) is 3.14. The van der Waals surface area contributed by atoms with E-state index in [1.165, 1.54) is 57.8 Å². The minimum Gasteiger partial charge on any atom is -0.328 e. The van der Waals surface area contributed by atoms with Gasteiger partial charge in [0, 0.05) is 6.04 Å². The van der Waals surface area contributed by atoms with Crippen LogP contribution in [0.4, 0.5) is 0 Å². The Morgan fingerprint density at radius 3 is 1.92 bits per heavy atom. The number of hydrogen-bond donors (Lipinski definition) is 1. The van der Waals surface area contributed by atoms with Crippen molar-refractivity contribution in [3.63, 3.8) is 0 Å². The molecule has 2 aliphatic carbocycles. The molecule has 0 unspecified atom stereocenters. The van der Waals surface area contributed by atoms with Crippen LogP contribution >= 0.6 is 0 Å². The van der Waals surface area contributed by atoms with E-state index in [0.29, 0.717) is 6.04 Å². The van der Waals surface area contributed by atoms with E-state index in [4.69, 9.17) is 5.73 Å². The molecular formula is C12H23N. The zero-order valence-electron chi connectivity index (χ0n) is 8.67. The molecule has 1 heteroatoms. The standard InChI is InChI=1S/C12H23N/c13-12-7-5-11(6-8-12)9-10-3-1-2-4-10/h10-12H,1-9,13H2. The zero-order chi connectivity index (χ0) is 9.10. The average Bonchev–Trinajstić information content (AvgIpc) is 2.62. The van der Waals surface area contributed by atoms with Crippen LogP contribution in [-0.4, -0.2) is 6.04 Å². The van der Waals surface area contributed by atoms with Crippen LogP contribution in [0.3, 0.4) is 0 Å². The Balaban J connectivity index is 1.69. The Morgan fingerprint density at radius 1 is 0.769 bits per heavy atom. The lowest BCUT2D eigenvalue weighted by molar-refractivity contribution is 0.271. The van der Waals surface area contributed by atoms with E-state index in [1.807, 2.05) is 0 Å². The van der Waals surface area contributed by atoms with E-state index in [9.17, 15) is 0 Å². The van der Waals surface area contributed by atoms with Crippen LogP contribution in [0.5, 0.6) is 0 Å². The van der Waals surface area contributed by atoms with E-state index < -0.39 is 0 Å². The lowest BCUT2D eigenvalue weighted by atomic mass is 9.80. The summed E-state index contributed by atoms with van der Waals surface area (Å²) in [6.07, 6.45) is 13.0. The van der Waals surface area contributed by atoms with E-state index in [0.717, 1.165) is 11.8 Å². The molecule has 2 aliphatic rings. The highest BCUT2D eigenvalue weighted by molar-refractivity contribution is 4.78. The SMILES string of the molecule is NC1CCC(CC2CCCC2)CC1. The molecule has 2 fully saturated rings. The van der Waals surface area contributed by atoms with Crippen molar-refractivity contribution in [1.82, 2.24) is 0 Å². The highest BCUT2D eigenvalue weighted by Crippen LogP contribution is 2.35. The molecule has 0 aromatic rings. The van der Waals surface area contributed by atoms with Crippen molar-refractivity contribution >= 4 is 0 Å². The van der Waals surface area contributed by atoms with Crippen LogP contribution < -0.4 is 5.73 Å². The molecule has 2 rings (SSSR count). The van der Waals surface area contributed by atoms with Crippen molar-refractivity contribution < 1.29 is 0 Å². The second kappa shape index (κ2) is 4.45. The summed E-state index contributed by atoms with van der Waals surface area (Å²) >= 11 is 0. The Bertz CT molecular complexity index is 141. The van der Waals surface area contributed by atoms with Crippen LogP contribution in [0.1, 0.15) is 57.8 Å². The van der Waals surface area contributed by atoms with Crippen LogP contribution in [-0.2, 0) is 0 Å². The second-order valence-electron chi connectivity index (χ2n) is 5.17. The summed E-state index contributed by atoms with van der Waals surface area (Å²) in [6, 6.07) is 0.528. The molecule has 13 heavy (non-hydrogen) atoms. The van der Waals surface area contributed by atoms with E-state index in [2.05, 4.69) is 0 Å². The molecule has 0 bridgehead atoms. The normalized spacial score (nSPS) is 36.7. The highest BCUT2D eigenvalue weighted by atomic mass is 14.6.